The van der Waals surface area contributed by atoms with E-state index in [4.69, 9.17) is 5.73 Å². The molecule has 0 spiro atoms. The molecule has 76 valence electrons. The molecule has 0 saturated heterocycles. The summed E-state index contributed by atoms with van der Waals surface area (Å²) < 4.78 is 21.5. The minimum Gasteiger partial charge on any atom is -0.330 e. The Hall–Kier alpha value is 0.200. The summed E-state index contributed by atoms with van der Waals surface area (Å²) in [6.07, 6.45) is 1.89. The van der Waals surface area contributed by atoms with Gasteiger partial charge in [-0.1, -0.05) is 13.8 Å². The lowest BCUT2D eigenvalue weighted by molar-refractivity contribution is 0.365. The molecule has 0 unspecified atom stereocenters. The molecule has 0 amide bonds. The van der Waals surface area contributed by atoms with Crippen molar-refractivity contribution in [2.24, 2.45) is 11.1 Å². The van der Waals surface area contributed by atoms with Crippen LogP contribution in [0.5, 0.6) is 0 Å². The van der Waals surface area contributed by atoms with Crippen molar-refractivity contribution in [2.75, 3.05) is 18.6 Å². The van der Waals surface area contributed by atoms with Crippen LogP contribution in [0.15, 0.2) is 0 Å². The molecule has 0 heterocycles. The van der Waals surface area contributed by atoms with Gasteiger partial charge in [0.15, 0.2) is 0 Å². The Bertz CT molecular complexity index is 211. The highest BCUT2D eigenvalue weighted by molar-refractivity contribution is 7.90. The van der Waals surface area contributed by atoms with E-state index in [2.05, 4.69) is 0 Å². The lowest BCUT2D eigenvalue weighted by Gasteiger charge is -2.21. The summed E-state index contributed by atoms with van der Waals surface area (Å²) in [4.78, 5) is 0. The standard InChI is InChI=1S/C7H17NO2S.ClH/c1-7(2,6-8)4-5-11(3,9)10;/h4-6,8H2,1-3H3;1H. The summed E-state index contributed by atoms with van der Waals surface area (Å²) >= 11 is 0. The van der Waals surface area contributed by atoms with E-state index in [1.807, 2.05) is 13.8 Å². The third kappa shape index (κ3) is 8.30. The van der Waals surface area contributed by atoms with Gasteiger partial charge in [-0.25, -0.2) is 8.42 Å². The van der Waals surface area contributed by atoms with Crippen LogP contribution in [0, 0.1) is 5.41 Å². The highest BCUT2D eigenvalue weighted by Crippen LogP contribution is 2.18. The first-order valence-electron chi connectivity index (χ1n) is 3.65. The molecule has 0 radical (unpaired) electrons. The maximum atomic E-state index is 10.8. The van der Waals surface area contributed by atoms with Crippen molar-refractivity contribution in [1.29, 1.82) is 0 Å². The molecule has 3 nitrogen and oxygen atoms in total. The first kappa shape index (κ1) is 14.7. The van der Waals surface area contributed by atoms with Crippen molar-refractivity contribution in [2.45, 2.75) is 20.3 Å². The van der Waals surface area contributed by atoms with Gasteiger partial charge in [-0.05, 0) is 18.4 Å². The molecule has 0 aromatic carbocycles. The van der Waals surface area contributed by atoms with Crippen molar-refractivity contribution < 1.29 is 8.42 Å². The minimum atomic E-state index is -2.82. The van der Waals surface area contributed by atoms with Crippen molar-refractivity contribution in [1.82, 2.24) is 0 Å². The zero-order valence-electron chi connectivity index (χ0n) is 7.83. The Morgan fingerprint density at radius 3 is 2.00 bits per heavy atom. The van der Waals surface area contributed by atoms with Crippen LogP contribution in [0.25, 0.3) is 0 Å². The Morgan fingerprint density at radius 1 is 1.33 bits per heavy atom. The number of hydrogen-bond acceptors (Lipinski definition) is 3. The molecule has 2 N–H and O–H groups in total. The molecule has 0 bridgehead atoms. The summed E-state index contributed by atoms with van der Waals surface area (Å²) in [5.74, 6) is 0.233. The topological polar surface area (TPSA) is 60.2 Å². The summed E-state index contributed by atoms with van der Waals surface area (Å²) in [6, 6.07) is 0. The van der Waals surface area contributed by atoms with E-state index in [0.29, 0.717) is 13.0 Å². The highest BCUT2D eigenvalue weighted by atomic mass is 35.5. The number of sulfone groups is 1. The van der Waals surface area contributed by atoms with Crippen LogP contribution >= 0.6 is 12.4 Å². The van der Waals surface area contributed by atoms with E-state index in [1.54, 1.807) is 0 Å². The van der Waals surface area contributed by atoms with Gasteiger partial charge in [0.25, 0.3) is 0 Å². The fourth-order valence-electron chi connectivity index (χ4n) is 0.564. The Balaban J connectivity index is 0. The van der Waals surface area contributed by atoms with Gasteiger partial charge in [0.2, 0.25) is 0 Å². The van der Waals surface area contributed by atoms with Crippen LogP contribution in [-0.2, 0) is 9.84 Å². The van der Waals surface area contributed by atoms with Gasteiger partial charge >= 0.3 is 0 Å². The molecule has 0 saturated carbocycles. The zero-order valence-corrected chi connectivity index (χ0v) is 9.46. The third-order valence-electron chi connectivity index (χ3n) is 1.70. The van der Waals surface area contributed by atoms with Crippen LogP contribution in [0.1, 0.15) is 20.3 Å². The average Bonchev–Trinajstić information content (AvgIpc) is 1.83. The molecule has 0 atom stereocenters. The predicted octanol–water partition coefficient (Wildman–Crippen LogP) is 0.828. The molecule has 0 aliphatic heterocycles. The fourth-order valence-corrected chi connectivity index (χ4v) is 1.49. The van der Waals surface area contributed by atoms with Crippen molar-refractivity contribution >= 4 is 22.2 Å². The van der Waals surface area contributed by atoms with Crippen LogP contribution in [0.3, 0.4) is 0 Å². The maximum absolute atomic E-state index is 10.8. The molecule has 0 aliphatic rings. The van der Waals surface area contributed by atoms with Crippen molar-refractivity contribution in [3.63, 3.8) is 0 Å². The number of hydrogen-bond donors (Lipinski definition) is 1. The van der Waals surface area contributed by atoms with Gasteiger partial charge in [-0.2, -0.15) is 0 Å². The van der Waals surface area contributed by atoms with E-state index in [-0.39, 0.29) is 23.6 Å². The van der Waals surface area contributed by atoms with Gasteiger partial charge in [0, 0.05) is 6.26 Å². The summed E-state index contributed by atoms with van der Waals surface area (Å²) in [7, 11) is -2.82. The number of rotatable bonds is 4. The Kier molecular flexibility index (Phi) is 6.18. The second kappa shape index (κ2) is 5.04. The Morgan fingerprint density at radius 2 is 1.75 bits per heavy atom. The van der Waals surface area contributed by atoms with Crippen LogP contribution in [-0.4, -0.2) is 27.0 Å². The van der Waals surface area contributed by atoms with E-state index in [1.165, 1.54) is 6.26 Å². The quantitative estimate of drug-likeness (QED) is 0.756. The van der Waals surface area contributed by atoms with Crippen molar-refractivity contribution in [3.05, 3.63) is 0 Å². The summed E-state index contributed by atoms with van der Waals surface area (Å²) in [5.41, 5.74) is 5.39. The molecule has 0 aromatic heterocycles. The minimum absolute atomic E-state index is 0. The van der Waals surface area contributed by atoms with Crippen LogP contribution < -0.4 is 5.73 Å². The zero-order chi connectivity index (χ0) is 9.12. The monoisotopic (exact) mass is 215 g/mol. The van der Waals surface area contributed by atoms with Gasteiger partial charge in [-0.15, -0.1) is 12.4 Å². The molecular formula is C7H18ClNO2S. The molecule has 0 fully saturated rings. The largest absolute Gasteiger partial charge is 0.330 e. The first-order chi connectivity index (χ1) is 4.77. The lowest BCUT2D eigenvalue weighted by Crippen LogP contribution is -2.26. The molecule has 5 heteroatoms. The fraction of sp³-hybridized carbons (Fsp3) is 1.00. The second-order valence-corrected chi connectivity index (χ2v) is 6.01. The van der Waals surface area contributed by atoms with Gasteiger partial charge in [-0.3, -0.25) is 0 Å². The van der Waals surface area contributed by atoms with Gasteiger partial charge < -0.3 is 5.73 Å². The number of halogens is 1. The van der Waals surface area contributed by atoms with Crippen LogP contribution in [0.2, 0.25) is 0 Å². The number of nitrogens with two attached hydrogens (primary N) is 1. The van der Waals surface area contributed by atoms with E-state index < -0.39 is 9.84 Å². The predicted molar refractivity (Wildman–Crippen MR) is 54.4 cm³/mol. The highest BCUT2D eigenvalue weighted by Gasteiger charge is 2.17. The van der Waals surface area contributed by atoms with E-state index in [9.17, 15) is 8.42 Å². The van der Waals surface area contributed by atoms with E-state index in [0.717, 1.165) is 0 Å². The lowest BCUT2D eigenvalue weighted by atomic mass is 9.91. The maximum Gasteiger partial charge on any atom is 0.147 e. The SMILES string of the molecule is CC(C)(CN)CCS(C)(=O)=O.Cl. The molecule has 0 rings (SSSR count). The summed E-state index contributed by atoms with van der Waals surface area (Å²) in [6.45, 7) is 4.47. The normalized spacial score (nSPS) is 12.3. The van der Waals surface area contributed by atoms with Gasteiger partial charge in [0.05, 0.1) is 5.75 Å². The van der Waals surface area contributed by atoms with Crippen LogP contribution in [0.4, 0.5) is 0 Å². The van der Waals surface area contributed by atoms with E-state index >= 15 is 0 Å². The first-order valence-corrected chi connectivity index (χ1v) is 5.71. The molecule has 0 aliphatic carbocycles. The molecule has 0 aromatic rings. The smallest absolute Gasteiger partial charge is 0.147 e. The van der Waals surface area contributed by atoms with Crippen molar-refractivity contribution in [3.8, 4) is 0 Å². The molecule has 12 heavy (non-hydrogen) atoms. The Labute approximate surface area is 81.0 Å². The van der Waals surface area contributed by atoms with Gasteiger partial charge in [0.1, 0.15) is 9.84 Å². The second-order valence-electron chi connectivity index (χ2n) is 3.75. The average molecular weight is 216 g/mol. The summed E-state index contributed by atoms with van der Waals surface area (Å²) in [5, 5.41) is 0. The third-order valence-corrected chi connectivity index (χ3v) is 2.65. The molecular weight excluding hydrogens is 198 g/mol.